The molecule has 1 rings (SSSR count). The predicted octanol–water partition coefficient (Wildman–Crippen LogP) is 1.27. The van der Waals surface area contributed by atoms with Gasteiger partial charge in [-0.2, -0.15) is 0 Å². The molecule has 0 fully saturated rings. The van der Waals surface area contributed by atoms with Gasteiger partial charge >= 0.3 is 6.09 Å². The van der Waals surface area contributed by atoms with Crippen molar-refractivity contribution in [2.24, 2.45) is 0 Å². The Morgan fingerprint density at radius 1 is 1.44 bits per heavy atom. The van der Waals surface area contributed by atoms with E-state index in [1.165, 1.54) is 12.1 Å². The Bertz CT molecular complexity index is 394. The number of hydrogen-bond acceptors (Lipinski definition) is 4. The van der Waals surface area contributed by atoms with Crippen molar-refractivity contribution in [2.45, 2.75) is 0 Å². The molecule has 7 heteroatoms. The molecule has 0 saturated carbocycles. The fraction of sp³-hybridized carbons (Fsp3) is 0.222. The first kappa shape index (κ1) is 11.8. The molecule has 7 nitrogen and oxygen atoms in total. The molecule has 0 aliphatic heterocycles. The third kappa shape index (κ3) is 3.82. The number of non-ortho nitro benzene ring substituents is 1. The predicted molar refractivity (Wildman–Crippen MR) is 57.6 cm³/mol. The fourth-order valence-corrected chi connectivity index (χ4v) is 1.11. The molecular formula is C9H11N3O4. The van der Waals surface area contributed by atoms with Gasteiger partial charge in [-0.05, 0) is 6.07 Å². The lowest BCUT2D eigenvalue weighted by atomic mass is 10.3. The summed E-state index contributed by atoms with van der Waals surface area (Å²) in [5, 5.41) is 23.8. The van der Waals surface area contributed by atoms with Crippen LogP contribution in [-0.4, -0.2) is 29.2 Å². The van der Waals surface area contributed by atoms with Gasteiger partial charge in [-0.3, -0.25) is 10.1 Å². The zero-order chi connectivity index (χ0) is 12.0. The highest BCUT2D eigenvalue weighted by atomic mass is 16.6. The number of hydrogen-bond donors (Lipinski definition) is 3. The highest BCUT2D eigenvalue weighted by Gasteiger charge is 2.04. The summed E-state index contributed by atoms with van der Waals surface area (Å²) in [6, 6.07) is 6.01. The number of anilines is 1. The number of carbonyl (C=O) groups is 1. The second-order valence-electron chi connectivity index (χ2n) is 2.97. The number of rotatable bonds is 5. The third-order valence-corrected chi connectivity index (χ3v) is 1.79. The molecule has 16 heavy (non-hydrogen) atoms. The first-order chi connectivity index (χ1) is 7.59. The van der Waals surface area contributed by atoms with E-state index in [1.807, 2.05) is 0 Å². The Kier molecular flexibility index (Phi) is 4.07. The minimum atomic E-state index is -1.10. The molecule has 0 unspecified atom stereocenters. The molecule has 0 saturated heterocycles. The van der Waals surface area contributed by atoms with Crippen LogP contribution in [0.25, 0.3) is 0 Å². The summed E-state index contributed by atoms with van der Waals surface area (Å²) in [5.74, 6) is 0. The van der Waals surface area contributed by atoms with Gasteiger partial charge in [0.15, 0.2) is 0 Å². The smallest absolute Gasteiger partial charge is 0.404 e. The summed E-state index contributed by atoms with van der Waals surface area (Å²) >= 11 is 0. The highest BCUT2D eigenvalue weighted by Crippen LogP contribution is 2.16. The largest absolute Gasteiger partial charge is 0.465 e. The maximum atomic E-state index is 10.5. The van der Waals surface area contributed by atoms with Crippen LogP contribution in [0.4, 0.5) is 16.2 Å². The normalized spacial score (nSPS) is 9.50. The second-order valence-corrected chi connectivity index (χ2v) is 2.97. The van der Waals surface area contributed by atoms with Crippen LogP contribution in [0.3, 0.4) is 0 Å². The van der Waals surface area contributed by atoms with Crippen molar-refractivity contribution in [3.8, 4) is 0 Å². The molecule has 0 atom stereocenters. The van der Waals surface area contributed by atoms with Crippen LogP contribution < -0.4 is 10.6 Å². The van der Waals surface area contributed by atoms with Crippen molar-refractivity contribution < 1.29 is 14.8 Å². The summed E-state index contributed by atoms with van der Waals surface area (Å²) in [6.07, 6.45) is -1.10. The van der Waals surface area contributed by atoms with E-state index in [0.717, 1.165) is 0 Å². The lowest BCUT2D eigenvalue weighted by Crippen LogP contribution is -2.26. The molecule has 0 aliphatic carbocycles. The molecular weight excluding hydrogens is 214 g/mol. The van der Waals surface area contributed by atoms with Crippen molar-refractivity contribution in [1.82, 2.24) is 5.32 Å². The number of amides is 1. The van der Waals surface area contributed by atoms with Crippen molar-refractivity contribution >= 4 is 17.5 Å². The number of benzene rings is 1. The van der Waals surface area contributed by atoms with E-state index in [4.69, 9.17) is 5.11 Å². The van der Waals surface area contributed by atoms with E-state index >= 15 is 0 Å². The van der Waals surface area contributed by atoms with Gasteiger partial charge in [0.25, 0.3) is 5.69 Å². The molecule has 0 radical (unpaired) electrons. The summed E-state index contributed by atoms with van der Waals surface area (Å²) < 4.78 is 0. The minimum Gasteiger partial charge on any atom is -0.465 e. The second kappa shape index (κ2) is 5.54. The van der Waals surface area contributed by atoms with Crippen LogP contribution >= 0.6 is 0 Å². The Labute approximate surface area is 91.2 Å². The lowest BCUT2D eigenvalue weighted by molar-refractivity contribution is -0.384. The van der Waals surface area contributed by atoms with Crippen molar-refractivity contribution in [2.75, 3.05) is 18.4 Å². The summed E-state index contributed by atoms with van der Waals surface area (Å²) in [4.78, 5) is 20.1. The van der Waals surface area contributed by atoms with Crippen LogP contribution in [0.5, 0.6) is 0 Å². The van der Waals surface area contributed by atoms with Crippen molar-refractivity contribution in [3.63, 3.8) is 0 Å². The molecule has 1 amide bonds. The Morgan fingerprint density at radius 2 is 2.19 bits per heavy atom. The molecule has 86 valence electrons. The molecule has 1 aromatic rings. The zero-order valence-corrected chi connectivity index (χ0v) is 8.34. The maximum Gasteiger partial charge on any atom is 0.404 e. The van der Waals surface area contributed by atoms with Crippen LogP contribution in [0.1, 0.15) is 0 Å². The standard InChI is InChI=1S/C9H11N3O4/c13-9(14)11-5-4-10-7-2-1-3-8(6-7)12(15)16/h1-3,6,10-11H,4-5H2,(H,13,14). The Balaban J connectivity index is 2.45. The molecule has 0 spiro atoms. The maximum absolute atomic E-state index is 10.5. The van der Waals surface area contributed by atoms with Crippen molar-refractivity contribution in [3.05, 3.63) is 34.4 Å². The van der Waals surface area contributed by atoms with E-state index in [2.05, 4.69) is 10.6 Å². The monoisotopic (exact) mass is 225 g/mol. The summed E-state index contributed by atoms with van der Waals surface area (Å²) in [7, 11) is 0. The van der Waals surface area contributed by atoms with E-state index < -0.39 is 11.0 Å². The number of nitrogens with one attached hydrogen (secondary N) is 2. The average molecular weight is 225 g/mol. The quantitative estimate of drug-likeness (QED) is 0.397. The first-order valence-electron chi connectivity index (χ1n) is 4.54. The van der Waals surface area contributed by atoms with E-state index in [1.54, 1.807) is 12.1 Å². The molecule has 3 N–H and O–H groups in total. The molecule has 0 bridgehead atoms. The van der Waals surface area contributed by atoms with E-state index in [9.17, 15) is 14.9 Å². The zero-order valence-electron chi connectivity index (χ0n) is 8.34. The van der Waals surface area contributed by atoms with Gasteiger partial charge in [-0.25, -0.2) is 4.79 Å². The average Bonchev–Trinajstić information content (AvgIpc) is 2.24. The van der Waals surface area contributed by atoms with Gasteiger partial charge in [-0.15, -0.1) is 0 Å². The van der Waals surface area contributed by atoms with Gasteiger partial charge in [0.2, 0.25) is 0 Å². The van der Waals surface area contributed by atoms with Crippen molar-refractivity contribution in [1.29, 1.82) is 0 Å². The van der Waals surface area contributed by atoms with Crippen LogP contribution in [-0.2, 0) is 0 Å². The number of carboxylic acid groups (broad SMARTS) is 1. The molecule has 0 aliphatic rings. The first-order valence-corrected chi connectivity index (χ1v) is 4.54. The highest BCUT2D eigenvalue weighted by molar-refractivity contribution is 5.64. The Morgan fingerprint density at radius 3 is 2.81 bits per heavy atom. The van der Waals surface area contributed by atoms with Gasteiger partial charge in [0.05, 0.1) is 4.92 Å². The summed E-state index contributed by atoms with van der Waals surface area (Å²) in [5.41, 5.74) is 0.581. The van der Waals surface area contributed by atoms with Crippen LogP contribution in [0, 0.1) is 10.1 Å². The van der Waals surface area contributed by atoms with Gasteiger partial charge < -0.3 is 15.7 Å². The van der Waals surface area contributed by atoms with Gasteiger partial charge in [0.1, 0.15) is 0 Å². The number of nitro groups is 1. The van der Waals surface area contributed by atoms with Gasteiger partial charge in [-0.1, -0.05) is 6.07 Å². The number of nitrogens with zero attached hydrogens (tertiary/aromatic N) is 1. The molecule has 1 aromatic carbocycles. The molecule has 0 aromatic heterocycles. The number of nitro benzene ring substituents is 1. The SMILES string of the molecule is O=C(O)NCCNc1cccc([N+](=O)[O-])c1. The lowest BCUT2D eigenvalue weighted by Gasteiger charge is -2.05. The van der Waals surface area contributed by atoms with E-state index in [0.29, 0.717) is 12.2 Å². The molecule has 0 heterocycles. The topological polar surface area (TPSA) is 104 Å². The minimum absolute atomic E-state index is 0.00352. The van der Waals surface area contributed by atoms with Crippen LogP contribution in [0.15, 0.2) is 24.3 Å². The fourth-order valence-electron chi connectivity index (χ4n) is 1.11. The van der Waals surface area contributed by atoms with Crippen LogP contribution in [0.2, 0.25) is 0 Å². The summed E-state index contributed by atoms with van der Waals surface area (Å²) in [6.45, 7) is 0.603. The van der Waals surface area contributed by atoms with E-state index in [-0.39, 0.29) is 12.2 Å². The van der Waals surface area contributed by atoms with Gasteiger partial charge in [0, 0.05) is 30.9 Å². The third-order valence-electron chi connectivity index (χ3n) is 1.79. The Hall–Kier alpha value is -2.31.